The lowest BCUT2D eigenvalue weighted by atomic mass is 10.0. The average molecular weight is 450 g/mol. The van der Waals surface area contributed by atoms with Crippen molar-refractivity contribution in [2.75, 3.05) is 13.7 Å². The molecule has 0 bridgehead atoms. The maximum absolute atomic E-state index is 12.9. The van der Waals surface area contributed by atoms with Crippen LogP contribution in [0.4, 0.5) is 0 Å². The number of amides is 1. The zero-order chi connectivity index (χ0) is 22.0. The summed E-state index contributed by atoms with van der Waals surface area (Å²) in [4.78, 5) is 15.2. The Labute approximate surface area is 191 Å². The number of aromatic nitrogens is 2. The van der Waals surface area contributed by atoms with Gasteiger partial charge >= 0.3 is 0 Å². The maximum atomic E-state index is 12.9. The Morgan fingerprint density at radius 1 is 1.19 bits per heavy atom. The predicted molar refractivity (Wildman–Crippen MR) is 130 cm³/mol. The second-order valence-electron chi connectivity index (χ2n) is 7.23. The fourth-order valence-corrected chi connectivity index (χ4v) is 4.80. The summed E-state index contributed by atoms with van der Waals surface area (Å²) < 4.78 is 7.81. The first-order valence-electron chi connectivity index (χ1n) is 10.1. The third kappa shape index (κ3) is 4.29. The Morgan fingerprint density at radius 2 is 1.97 bits per heavy atom. The number of nitrogens with zero attached hydrogens (tertiary/aromatic N) is 3. The summed E-state index contributed by atoms with van der Waals surface area (Å²) in [6.45, 7) is 4.70. The number of methoxy groups -OCH3 is 1. The normalized spacial score (nSPS) is 15.2. The summed E-state index contributed by atoms with van der Waals surface area (Å²) in [7, 11) is 1.66. The molecule has 0 radical (unpaired) electrons. The molecule has 1 amide bonds. The fourth-order valence-electron chi connectivity index (χ4n) is 3.50. The smallest absolute Gasteiger partial charge is 0.266 e. The molecule has 158 valence electrons. The van der Waals surface area contributed by atoms with Gasteiger partial charge in [-0.1, -0.05) is 49.1 Å². The van der Waals surface area contributed by atoms with Crippen LogP contribution in [0.2, 0.25) is 0 Å². The van der Waals surface area contributed by atoms with Crippen molar-refractivity contribution in [2.24, 2.45) is 0 Å². The van der Waals surface area contributed by atoms with Gasteiger partial charge in [0.25, 0.3) is 5.91 Å². The largest absolute Gasteiger partial charge is 0.497 e. The van der Waals surface area contributed by atoms with E-state index in [-0.39, 0.29) is 5.91 Å². The topological polar surface area (TPSA) is 47.4 Å². The number of ether oxygens (including phenoxy) is 1. The summed E-state index contributed by atoms with van der Waals surface area (Å²) in [5.41, 5.74) is 4.67. The standard InChI is InChI=1S/C24H23N3O2S2/c1-4-12-26-23(28)21(31-24(26)30)14-17-15-27(18-8-6-5-7-9-18)25-22(17)20-11-10-19(29-3)13-16(20)2/h5-11,13-15H,4,12H2,1-3H3. The van der Waals surface area contributed by atoms with Gasteiger partial charge in [-0.15, -0.1) is 0 Å². The van der Waals surface area contributed by atoms with E-state index < -0.39 is 0 Å². The molecule has 0 atom stereocenters. The molecule has 7 heteroatoms. The van der Waals surface area contributed by atoms with Crippen LogP contribution in [-0.2, 0) is 4.79 Å². The molecule has 1 aliphatic heterocycles. The molecule has 0 spiro atoms. The van der Waals surface area contributed by atoms with Gasteiger partial charge < -0.3 is 4.74 Å². The molecule has 0 unspecified atom stereocenters. The van der Waals surface area contributed by atoms with Gasteiger partial charge in [0.05, 0.1) is 17.7 Å². The number of hydrogen-bond donors (Lipinski definition) is 0. The molecular formula is C24H23N3O2S2. The van der Waals surface area contributed by atoms with Crippen molar-refractivity contribution >= 4 is 40.3 Å². The number of thiocarbonyl (C=S) groups is 1. The van der Waals surface area contributed by atoms with Gasteiger partial charge in [-0.3, -0.25) is 9.69 Å². The summed E-state index contributed by atoms with van der Waals surface area (Å²) in [6, 6.07) is 15.8. The Balaban J connectivity index is 1.82. The minimum Gasteiger partial charge on any atom is -0.497 e. The highest BCUT2D eigenvalue weighted by molar-refractivity contribution is 8.26. The Kier molecular flexibility index (Phi) is 6.25. The lowest BCUT2D eigenvalue weighted by Gasteiger charge is -2.11. The van der Waals surface area contributed by atoms with Gasteiger partial charge in [-0.2, -0.15) is 5.10 Å². The molecule has 2 heterocycles. The van der Waals surface area contributed by atoms with Crippen LogP contribution in [0.1, 0.15) is 24.5 Å². The predicted octanol–water partition coefficient (Wildman–Crippen LogP) is 5.47. The monoisotopic (exact) mass is 449 g/mol. The van der Waals surface area contributed by atoms with E-state index in [0.29, 0.717) is 15.8 Å². The highest BCUT2D eigenvalue weighted by atomic mass is 32.2. The van der Waals surface area contributed by atoms with Crippen molar-refractivity contribution in [3.63, 3.8) is 0 Å². The van der Waals surface area contributed by atoms with Crippen LogP contribution < -0.4 is 4.74 Å². The first-order valence-corrected chi connectivity index (χ1v) is 11.3. The molecule has 31 heavy (non-hydrogen) atoms. The highest BCUT2D eigenvalue weighted by Crippen LogP contribution is 2.36. The molecule has 0 N–H and O–H groups in total. The molecule has 0 aliphatic carbocycles. The summed E-state index contributed by atoms with van der Waals surface area (Å²) in [6.07, 6.45) is 4.73. The Morgan fingerprint density at radius 3 is 2.65 bits per heavy atom. The highest BCUT2D eigenvalue weighted by Gasteiger charge is 2.31. The molecule has 1 aromatic heterocycles. The van der Waals surface area contributed by atoms with Gasteiger partial charge in [0, 0.05) is 23.9 Å². The average Bonchev–Trinajstić information content (AvgIpc) is 3.31. The van der Waals surface area contributed by atoms with Crippen molar-refractivity contribution < 1.29 is 9.53 Å². The molecule has 0 saturated carbocycles. The van der Waals surface area contributed by atoms with Crippen molar-refractivity contribution in [1.29, 1.82) is 0 Å². The SMILES string of the molecule is CCCN1C(=O)C(=Cc2cn(-c3ccccc3)nc2-c2ccc(OC)cc2C)SC1=S. The van der Waals surface area contributed by atoms with Gasteiger partial charge in [-0.05, 0) is 55.3 Å². The van der Waals surface area contributed by atoms with Crippen LogP contribution in [0.3, 0.4) is 0 Å². The summed E-state index contributed by atoms with van der Waals surface area (Å²) >= 11 is 6.77. The van der Waals surface area contributed by atoms with Gasteiger partial charge in [-0.25, -0.2) is 4.68 Å². The number of rotatable bonds is 6. The van der Waals surface area contributed by atoms with E-state index >= 15 is 0 Å². The summed E-state index contributed by atoms with van der Waals surface area (Å²) in [5, 5.41) is 4.87. The lowest BCUT2D eigenvalue weighted by Crippen LogP contribution is -2.28. The van der Waals surface area contributed by atoms with Crippen molar-refractivity contribution in [3.05, 3.63) is 70.8 Å². The van der Waals surface area contributed by atoms with Gasteiger partial charge in [0.2, 0.25) is 0 Å². The quantitative estimate of drug-likeness (QED) is 0.369. The second-order valence-corrected chi connectivity index (χ2v) is 8.90. The summed E-state index contributed by atoms with van der Waals surface area (Å²) in [5.74, 6) is 0.757. The van der Waals surface area contributed by atoms with E-state index in [1.54, 1.807) is 12.0 Å². The molecule has 4 rings (SSSR count). The minimum atomic E-state index is -0.0401. The van der Waals surface area contributed by atoms with E-state index in [1.807, 2.05) is 79.3 Å². The third-order valence-electron chi connectivity index (χ3n) is 5.06. The molecule has 5 nitrogen and oxygen atoms in total. The van der Waals surface area contributed by atoms with Crippen LogP contribution in [0.5, 0.6) is 5.75 Å². The van der Waals surface area contributed by atoms with E-state index in [0.717, 1.165) is 40.2 Å². The molecule has 2 aromatic carbocycles. The number of benzene rings is 2. The van der Waals surface area contributed by atoms with Crippen LogP contribution >= 0.6 is 24.0 Å². The molecule has 1 saturated heterocycles. The van der Waals surface area contributed by atoms with Gasteiger partial charge in [0.1, 0.15) is 15.8 Å². The van der Waals surface area contributed by atoms with Crippen LogP contribution in [0, 0.1) is 6.92 Å². The zero-order valence-electron chi connectivity index (χ0n) is 17.7. The lowest BCUT2D eigenvalue weighted by molar-refractivity contribution is -0.122. The molecule has 1 aliphatic rings. The number of thioether (sulfide) groups is 1. The van der Waals surface area contributed by atoms with Crippen molar-refractivity contribution in [1.82, 2.24) is 14.7 Å². The molecular weight excluding hydrogens is 426 g/mol. The van der Waals surface area contributed by atoms with Crippen LogP contribution in [0.25, 0.3) is 23.0 Å². The van der Waals surface area contributed by atoms with E-state index in [2.05, 4.69) is 0 Å². The number of aryl methyl sites for hydroxylation is 1. The zero-order valence-corrected chi connectivity index (χ0v) is 19.3. The molecule has 1 fully saturated rings. The van der Waals surface area contributed by atoms with Crippen molar-refractivity contribution in [2.45, 2.75) is 20.3 Å². The van der Waals surface area contributed by atoms with Crippen LogP contribution in [0.15, 0.2) is 59.6 Å². The second kappa shape index (κ2) is 9.08. The number of para-hydroxylation sites is 1. The number of carbonyl (C=O) groups is 1. The molecule has 3 aromatic rings. The first-order chi connectivity index (χ1) is 15.0. The van der Waals surface area contributed by atoms with Crippen molar-refractivity contribution in [3.8, 4) is 22.7 Å². The fraction of sp³-hybridized carbons (Fsp3) is 0.208. The maximum Gasteiger partial charge on any atom is 0.266 e. The minimum absolute atomic E-state index is 0.0401. The number of hydrogen-bond acceptors (Lipinski definition) is 5. The Hall–Kier alpha value is -2.90. The van der Waals surface area contributed by atoms with E-state index in [9.17, 15) is 4.79 Å². The Bertz CT molecular complexity index is 1170. The third-order valence-corrected chi connectivity index (χ3v) is 6.44. The van der Waals surface area contributed by atoms with E-state index in [4.69, 9.17) is 22.1 Å². The number of carbonyl (C=O) groups excluding carboxylic acids is 1. The van der Waals surface area contributed by atoms with Crippen LogP contribution in [-0.4, -0.2) is 38.6 Å². The van der Waals surface area contributed by atoms with Gasteiger partial charge in [0.15, 0.2) is 0 Å². The first kappa shape index (κ1) is 21.3. The van der Waals surface area contributed by atoms with E-state index in [1.165, 1.54) is 11.8 Å².